The molecule has 0 radical (unpaired) electrons. The highest BCUT2D eigenvalue weighted by Gasteiger charge is 2.26. The van der Waals surface area contributed by atoms with Gasteiger partial charge in [-0.2, -0.15) is 0 Å². The van der Waals surface area contributed by atoms with Crippen molar-refractivity contribution in [3.8, 4) is 0 Å². The topological polar surface area (TPSA) is 55.4 Å². The number of esters is 1. The monoisotopic (exact) mass is 249 g/mol. The maximum atomic E-state index is 12.0. The minimum atomic E-state index is -0.756. The number of hydrogen-bond donors (Lipinski definition) is 1. The minimum Gasteiger partial charge on any atom is -0.468 e. The molecule has 1 aromatic rings. The molecule has 1 unspecified atom stereocenters. The molecular weight excluding hydrogens is 230 g/mol. The summed E-state index contributed by atoms with van der Waals surface area (Å²) in [7, 11) is 1.29. The van der Waals surface area contributed by atoms with E-state index in [1.54, 1.807) is 6.92 Å². The summed E-state index contributed by atoms with van der Waals surface area (Å²) in [6, 6.07) is 5.77. The third-order valence-corrected chi connectivity index (χ3v) is 2.94. The van der Waals surface area contributed by atoms with Gasteiger partial charge in [0.1, 0.15) is 5.92 Å². The lowest BCUT2D eigenvalue weighted by molar-refractivity contribution is -0.148. The molecular formula is C14H19NO3. The molecule has 0 bridgehead atoms. The van der Waals surface area contributed by atoms with Crippen LogP contribution in [0.5, 0.6) is 0 Å². The van der Waals surface area contributed by atoms with Crippen LogP contribution in [0, 0.1) is 19.8 Å². The molecule has 4 nitrogen and oxygen atoms in total. The van der Waals surface area contributed by atoms with Crippen LogP contribution >= 0.6 is 0 Å². The van der Waals surface area contributed by atoms with Crippen LogP contribution in [0.25, 0.3) is 0 Å². The number of benzene rings is 1. The first-order chi connectivity index (χ1) is 8.51. The third kappa shape index (κ3) is 3.09. The zero-order valence-corrected chi connectivity index (χ0v) is 11.2. The van der Waals surface area contributed by atoms with Gasteiger partial charge in [0.25, 0.3) is 0 Å². The second kappa shape index (κ2) is 6.19. The van der Waals surface area contributed by atoms with Crippen LogP contribution in [0.4, 0.5) is 5.69 Å². The quantitative estimate of drug-likeness (QED) is 0.658. The summed E-state index contributed by atoms with van der Waals surface area (Å²) >= 11 is 0. The fraction of sp³-hybridized carbons (Fsp3) is 0.429. The van der Waals surface area contributed by atoms with Crippen LogP contribution in [0.2, 0.25) is 0 Å². The van der Waals surface area contributed by atoms with Gasteiger partial charge >= 0.3 is 5.97 Å². The number of para-hydroxylation sites is 1. The van der Waals surface area contributed by atoms with Crippen LogP contribution < -0.4 is 5.32 Å². The smallest absolute Gasteiger partial charge is 0.318 e. The average Bonchev–Trinajstić information content (AvgIpc) is 2.34. The first-order valence-corrected chi connectivity index (χ1v) is 5.96. The van der Waals surface area contributed by atoms with E-state index in [1.165, 1.54) is 7.11 Å². The molecule has 1 amide bonds. The molecule has 0 aliphatic heterocycles. The molecule has 0 saturated carbocycles. The summed E-state index contributed by atoms with van der Waals surface area (Å²) in [5.74, 6) is -1.57. The molecule has 18 heavy (non-hydrogen) atoms. The van der Waals surface area contributed by atoms with Crippen LogP contribution in [0.15, 0.2) is 18.2 Å². The van der Waals surface area contributed by atoms with Gasteiger partial charge in [0.15, 0.2) is 0 Å². The Labute approximate surface area is 107 Å². The van der Waals surface area contributed by atoms with E-state index in [-0.39, 0.29) is 5.91 Å². The number of carbonyl (C=O) groups excluding carboxylic acids is 2. The first-order valence-electron chi connectivity index (χ1n) is 5.96. The Morgan fingerprint density at radius 3 is 2.28 bits per heavy atom. The number of aryl methyl sites for hydroxylation is 2. The van der Waals surface area contributed by atoms with Crippen molar-refractivity contribution in [3.05, 3.63) is 29.3 Å². The number of hydrogen-bond acceptors (Lipinski definition) is 3. The number of ether oxygens (including phenoxy) is 1. The van der Waals surface area contributed by atoms with Gasteiger partial charge in [0.2, 0.25) is 5.91 Å². The Morgan fingerprint density at radius 1 is 1.28 bits per heavy atom. The molecule has 1 aromatic carbocycles. The van der Waals surface area contributed by atoms with Crippen molar-refractivity contribution < 1.29 is 14.3 Å². The van der Waals surface area contributed by atoms with E-state index in [2.05, 4.69) is 10.1 Å². The van der Waals surface area contributed by atoms with Gasteiger partial charge in [0, 0.05) is 5.69 Å². The molecule has 0 heterocycles. The van der Waals surface area contributed by atoms with E-state index in [0.717, 1.165) is 16.8 Å². The molecule has 98 valence electrons. The summed E-state index contributed by atoms with van der Waals surface area (Å²) in [5, 5.41) is 2.80. The van der Waals surface area contributed by atoms with Crippen molar-refractivity contribution in [2.45, 2.75) is 27.2 Å². The van der Waals surface area contributed by atoms with E-state index in [4.69, 9.17) is 0 Å². The summed E-state index contributed by atoms with van der Waals surface area (Å²) < 4.78 is 4.62. The molecule has 0 aromatic heterocycles. The highest BCUT2D eigenvalue weighted by molar-refractivity contribution is 6.05. The molecule has 0 saturated heterocycles. The number of carbonyl (C=O) groups is 2. The Hall–Kier alpha value is -1.84. The van der Waals surface area contributed by atoms with Gasteiger partial charge in [-0.3, -0.25) is 9.59 Å². The van der Waals surface area contributed by atoms with Gasteiger partial charge < -0.3 is 10.1 Å². The van der Waals surface area contributed by atoms with Crippen LogP contribution in [0.3, 0.4) is 0 Å². The standard InChI is InChI=1S/C14H19NO3/c1-5-11(14(17)18-4)13(16)15-12-9(2)7-6-8-10(12)3/h6-8,11H,5H2,1-4H3,(H,15,16). The minimum absolute atomic E-state index is 0.318. The van der Waals surface area contributed by atoms with Gasteiger partial charge in [-0.25, -0.2) is 0 Å². The molecule has 1 N–H and O–H groups in total. The van der Waals surface area contributed by atoms with Crippen molar-refractivity contribution in [1.29, 1.82) is 0 Å². The second-order valence-corrected chi connectivity index (χ2v) is 4.24. The van der Waals surface area contributed by atoms with Crippen molar-refractivity contribution in [2.24, 2.45) is 5.92 Å². The summed E-state index contributed by atoms with van der Waals surface area (Å²) in [6.45, 7) is 5.62. The predicted molar refractivity (Wildman–Crippen MR) is 70.3 cm³/mol. The lowest BCUT2D eigenvalue weighted by Crippen LogP contribution is -2.30. The molecule has 1 atom stereocenters. The lowest BCUT2D eigenvalue weighted by atomic mass is 10.0. The highest BCUT2D eigenvalue weighted by atomic mass is 16.5. The Balaban J connectivity index is 2.90. The fourth-order valence-electron chi connectivity index (χ4n) is 1.82. The van der Waals surface area contributed by atoms with Crippen LogP contribution in [0.1, 0.15) is 24.5 Å². The first kappa shape index (κ1) is 14.2. The van der Waals surface area contributed by atoms with Crippen molar-refractivity contribution in [2.75, 3.05) is 12.4 Å². The van der Waals surface area contributed by atoms with E-state index in [9.17, 15) is 9.59 Å². The van der Waals surface area contributed by atoms with Gasteiger partial charge in [-0.05, 0) is 31.4 Å². The van der Waals surface area contributed by atoms with E-state index >= 15 is 0 Å². The SMILES string of the molecule is CCC(C(=O)Nc1c(C)cccc1C)C(=O)OC. The summed E-state index contributed by atoms with van der Waals surface area (Å²) in [5.41, 5.74) is 2.72. The number of rotatable bonds is 4. The summed E-state index contributed by atoms with van der Waals surface area (Å²) in [4.78, 5) is 23.5. The largest absolute Gasteiger partial charge is 0.468 e. The lowest BCUT2D eigenvalue weighted by Gasteiger charge is -2.15. The van der Waals surface area contributed by atoms with Crippen LogP contribution in [-0.2, 0) is 14.3 Å². The maximum absolute atomic E-state index is 12.0. The van der Waals surface area contributed by atoms with Crippen molar-refractivity contribution >= 4 is 17.6 Å². The van der Waals surface area contributed by atoms with E-state index in [0.29, 0.717) is 6.42 Å². The zero-order valence-electron chi connectivity index (χ0n) is 11.2. The van der Waals surface area contributed by atoms with Gasteiger partial charge in [0.05, 0.1) is 7.11 Å². The normalized spacial score (nSPS) is 11.8. The molecule has 4 heteroatoms. The van der Waals surface area contributed by atoms with E-state index in [1.807, 2.05) is 32.0 Å². The van der Waals surface area contributed by atoms with E-state index < -0.39 is 11.9 Å². The highest BCUT2D eigenvalue weighted by Crippen LogP contribution is 2.20. The predicted octanol–water partition coefficient (Wildman–Crippen LogP) is 2.44. The molecule has 1 rings (SSSR count). The molecule has 0 aliphatic carbocycles. The molecule has 0 aliphatic rings. The second-order valence-electron chi connectivity index (χ2n) is 4.24. The Bertz CT molecular complexity index is 434. The fourth-order valence-corrected chi connectivity index (χ4v) is 1.82. The third-order valence-electron chi connectivity index (χ3n) is 2.94. The van der Waals surface area contributed by atoms with Crippen LogP contribution in [-0.4, -0.2) is 19.0 Å². The zero-order chi connectivity index (χ0) is 13.7. The Morgan fingerprint density at radius 2 is 1.83 bits per heavy atom. The molecule has 0 fully saturated rings. The summed E-state index contributed by atoms with van der Waals surface area (Å²) in [6.07, 6.45) is 0.420. The number of methoxy groups -OCH3 is 1. The average molecular weight is 249 g/mol. The molecule has 0 spiro atoms. The number of anilines is 1. The Kier molecular flexibility index (Phi) is 4.89. The van der Waals surface area contributed by atoms with Crippen molar-refractivity contribution in [1.82, 2.24) is 0 Å². The maximum Gasteiger partial charge on any atom is 0.318 e. The number of nitrogens with one attached hydrogen (secondary N) is 1. The van der Waals surface area contributed by atoms with Gasteiger partial charge in [-0.15, -0.1) is 0 Å². The van der Waals surface area contributed by atoms with Crippen molar-refractivity contribution in [3.63, 3.8) is 0 Å². The van der Waals surface area contributed by atoms with Gasteiger partial charge in [-0.1, -0.05) is 25.1 Å². The number of amides is 1.